The molecule has 1 aliphatic heterocycles. The molecule has 1 fully saturated rings. The molecular weight excluding hydrogens is 296 g/mol. The van der Waals surface area contributed by atoms with E-state index >= 15 is 0 Å². The van der Waals surface area contributed by atoms with Crippen molar-refractivity contribution in [2.75, 3.05) is 13.2 Å². The van der Waals surface area contributed by atoms with Crippen LogP contribution in [-0.2, 0) is 0 Å². The summed E-state index contributed by atoms with van der Waals surface area (Å²) in [7, 11) is 0. The predicted octanol–water partition coefficient (Wildman–Crippen LogP) is 3.45. The number of fused-ring (bicyclic) bond motifs is 1. The molecule has 96 valence electrons. The highest BCUT2D eigenvalue weighted by molar-refractivity contribution is 9.10. The Kier molecular flexibility index (Phi) is 3.06. The normalized spacial score (nSPS) is 25.4. The lowest BCUT2D eigenvalue weighted by molar-refractivity contribution is 0.0961. The molecule has 0 amide bonds. The molecule has 0 bridgehead atoms. The Hall–Kier alpha value is -1.03. The van der Waals surface area contributed by atoms with Crippen molar-refractivity contribution in [2.45, 2.75) is 19.8 Å². The summed E-state index contributed by atoms with van der Waals surface area (Å²) >= 11 is 3.46. The molecule has 0 aromatic heterocycles. The molecule has 1 saturated carbocycles. The molecule has 0 N–H and O–H groups in total. The fourth-order valence-electron chi connectivity index (χ4n) is 2.26. The number of Topliss-reactive ketones (excluding diaryl/α,β-unsaturated/α-hetero) is 1. The minimum atomic E-state index is 0.186. The van der Waals surface area contributed by atoms with E-state index in [2.05, 4.69) is 22.9 Å². The van der Waals surface area contributed by atoms with Crippen LogP contribution in [0.4, 0.5) is 0 Å². The first kappa shape index (κ1) is 12.0. The average molecular weight is 311 g/mol. The summed E-state index contributed by atoms with van der Waals surface area (Å²) < 4.78 is 12.0. The lowest BCUT2D eigenvalue weighted by Gasteiger charge is -2.11. The first-order valence-corrected chi connectivity index (χ1v) is 7.09. The summed E-state index contributed by atoms with van der Waals surface area (Å²) in [5, 5.41) is 0. The minimum absolute atomic E-state index is 0.186. The van der Waals surface area contributed by atoms with Crippen LogP contribution in [0.2, 0.25) is 0 Å². The first-order valence-electron chi connectivity index (χ1n) is 6.30. The quantitative estimate of drug-likeness (QED) is 0.785. The molecule has 2 aliphatic rings. The predicted molar refractivity (Wildman–Crippen MR) is 71.4 cm³/mol. The van der Waals surface area contributed by atoms with E-state index in [9.17, 15) is 4.79 Å². The second kappa shape index (κ2) is 4.57. The number of rotatable bonds is 2. The standard InChI is InChI=1S/C14H15BrO3/c1-8-5-9(8)14(16)10-6-12-13(7-11(10)15)18-4-2-3-17-12/h6-9H,2-5H2,1H3. The largest absolute Gasteiger partial charge is 0.490 e. The second-order valence-electron chi connectivity index (χ2n) is 5.01. The van der Waals surface area contributed by atoms with Crippen molar-refractivity contribution in [1.82, 2.24) is 0 Å². The highest BCUT2D eigenvalue weighted by Gasteiger charge is 2.40. The van der Waals surface area contributed by atoms with Gasteiger partial charge in [-0.25, -0.2) is 0 Å². The van der Waals surface area contributed by atoms with E-state index in [1.807, 2.05) is 12.1 Å². The van der Waals surface area contributed by atoms with Crippen LogP contribution in [0.5, 0.6) is 11.5 Å². The van der Waals surface area contributed by atoms with Crippen LogP contribution in [0.3, 0.4) is 0 Å². The van der Waals surface area contributed by atoms with Gasteiger partial charge in [0.15, 0.2) is 17.3 Å². The van der Waals surface area contributed by atoms with Crippen LogP contribution in [0.1, 0.15) is 30.1 Å². The van der Waals surface area contributed by atoms with Gasteiger partial charge in [-0.15, -0.1) is 0 Å². The maximum absolute atomic E-state index is 12.3. The van der Waals surface area contributed by atoms with Gasteiger partial charge in [-0.3, -0.25) is 4.79 Å². The molecule has 18 heavy (non-hydrogen) atoms. The van der Waals surface area contributed by atoms with Crippen LogP contribution in [-0.4, -0.2) is 19.0 Å². The molecule has 1 aliphatic carbocycles. The van der Waals surface area contributed by atoms with Crippen molar-refractivity contribution in [3.63, 3.8) is 0 Å². The van der Waals surface area contributed by atoms with Gasteiger partial charge in [0.2, 0.25) is 0 Å². The summed E-state index contributed by atoms with van der Waals surface area (Å²) in [5.74, 6) is 2.32. The Morgan fingerprint density at radius 1 is 1.28 bits per heavy atom. The fraction of sp³-hybridized carbons (Fsp3) is 0.500. The molecule has 0 spiro atoms. The first-order chi connectivity index (χ1) is 8.66. The minimum Gasteiger partial charge on any atom is -0.490 e. The number of benzene rings is 1. The van der Waals surface area contributed by atoms with E-state index in [0.717, 1.165) is 23.1 Å². The molecule has 1 aromatic carbocycles. The summed E-state index contributed by atoms with van der Waals surface area (Å²) in [4.78, 5) is 12.3. The Morgan fingerprint density at radius 2 is 1.89 bits per heavy atom. The van der Waals surface area contributed by atoms with Crippen LogP contribution in [0.15, 0.2) is 16.6 Å². The van der Waals surface area contributed by atoms with E-state index in [4.69, 9.17) is 9.47 Å². The molecule has 4 heteroatoms. The maximum Gasteiger partial charge on any atom is 0.167 e. The summed E-state index contributed by atoms with van der Waals surface area (Å²) in [6.45, 7) is 3.41. The third-order valence-corrected chi connectivity index (χ3v) is 4.20. The second-order valence-corrected chi connectivity index (χ2v) is 5.87. The van der Waals surface area contributed by atoms with Gasteiger partial charge in [0.05, 0.1) is 13.2 Å². The van der Waals surface area contributed by atoms with E-state index < -0.39 is 0 Å². The van der Waals surface area contributed by atoms with Gasteiger partial charge >= 0.3 is 0 Å². The molecule has 1 aromatic rings. The smallest absolute Gasteiger partial charge is 0.167 e. The molecule has 2 unspecified atom stereocenters. The highest BCUT2D eigenvalue weighted by atomic mass is 79.9. The van der Waals surface area contributed by atoms with Crippen LogP contribution in [0.25, 0.3) is 0 Å². The van der Waals surface area contributed by atoms with Crippen molar-refractivity contribution in [2.24, 2.45) is 11.8 Å². The summed E-state index contributed by atoms with van der Waals surface area (Å²) in [6, 6.07) is 3.67. The number of ketones is 1. The molecule has 2 atom stereocenters. The Morgan fingerprint density at radius 3 is 2.50 bits per heavy atom. The molecule has 3 rings (SSSR count). The fourth-order valence-corrected chi connectivity index (χ4v) is 2.78. The van der Waals surface area contributed by atoms with Gasteiger partial charge in [-0.05, 0) is 40.4 Å². The lowest BCUT2D eigenvalue weighted by atomic mass is 10.1. The number of carbonyl (C=O) groups is 1. The highest BCUT2D eigenvalue weighted by Crippen LogP contribution is 2.43. The molecule has 0 radical (unpaired) electrons. The average Bonchev–Trinajstić information content (AvgIpc) is 3.10. The van der Waals surface area contributed by atoms with Crippen molar-refractivity contribution in [3.05, 3.63) is 22.2 Å². The van der Waals surface area contributed by atoms with E-state index in [-0.39, 0.29) is 11.7 Å². The zero-order valence-electron chi connectivity index (χ0n) is 10.2. The zero-order chi connectivity index (χ0) is 12.7. The Labute approximate surface area is 115 Å². The monoisotopic (exact) mass is 310 g/mol. The Bertz CT molecular complexity index is 498. The molecule has 0 saturated heterocycles. The zero-order valence-corrected chi connectivity index (χ0v) is 11.8. The van der Waals surface area contributed by atoms with Gasteiger partial charge < -0.3 is 9.47 Å². The van der Waals surface area contributed by atoms with Crippen molar-refractivity contribution < 1.29 is 14.3 Å². The van der Waals surface area contributed by atoms with Gasteiger partial charge in [0.1, 0.15) is 0 Å². The van der Waals surface area contributed by atoms with Crippen molar-refractivity contribution in [3.8, 4) is 11.5 Å². The van der Waals surface area contributed by atoms with E-state index in [0.29, 0.717) is 30.4 Å². The van der Waals surface area contributed by atoms with Crippen LogP contribution >= 0.6 is 15.9 Å². The van der Waals surface area contributed by atoms with Gasteiger partial charge in [-0.2, -0.15) is 0 Å². The van der Waals surface area contributed by atoms with Crippen molar-refractivity contribution >= 4 is 21.7 Å². The Balaban J connectivity index is 1.95. The van der Waals surface area contributed by atoms with Gasteiger partial charge in [0, 0.05) is 22.4 Å². The summed E-state index contributed by atoms with van der Waals surface area (Å²) in [6.07, 6.45) is 1.87. The van der Waals surface area contributed by atoms with E-state index in [1.165, 1.54) is 0 Å². The van der Waals surface area contributed by atoms with Crippen molar-refractivity contribution in [1.29, 1.82) is 0 Å². The third kappa shape index (κ3) is 2.14. The van der Waals surface area contributed by atoms with E-state index in [1.54, 1.807) is 0 Å². The lowest BCUT2D eigenvalue weighted by Crippen LogP contribution is -2.05. The van der Waals surface area contributed by atoms with Crippen LogP contribution in [0, 0.1) is 11.8 Å². The van der Waals surface area contributed by atoms with Gasteiger partial charge in [-0.1, -0.05) is 6.92 Å². The SMILES string of the molecule is CC1CC1C(=O)c1cc2c(cc1Br)OCCCO2. The number of carbonyl (C=O) groups excluding carboxylic acids is 1. The molecule has 1 heterocycles. The topological polar surface area (TPSA) is 35.5 Å². The van der Waals surface area contributed by atoms with Gasteiger partial charge in [0.25, 0.3) is 0 Å². The maximum atomic E-state index is 12.3. The third-order valence-electron chi connectivity index (χ3n) is 3.55. The number of hydrogen-bond donors (Lipinski definition) is 0. The summed E-state index contributed by atoms with van der Waals surface area (Å²) in [5.41, 5.74) is 0.716. The number of ether oxygens (including phenoxy) is 2. The molecule has 3 nitrogen and oxygen atoms in total. The molecular formula is C14H15BrO3. The van der Waals surface area contributed by atoms with Crippen LogP contribution < -0.4 is 9.47 Å². The number of halogens is 1. The number of hydrogen-bond acceptors (Lipinski definition) is 3.